The van der Waals surface area contributed by atoms with Crippen molar-refractivity contribution >= 4 is 11.8 Å². The van der Waals surface area contributed by atoms with E-state index in [1.54, 1.807) is 0 Å². The standard InChI is InChI=1S/C16H24N2O2/c1-14-8-5-6-11-18(14)12-7-13-20-16(19)17-15-9-3-2-4-10-15/h2-4,9-10,14H,5-8,11-13H2,1H3,(H,17,19). The largest absolute Gasteiger partial charge is 0.449 e. The molecule has 1 aromatic carbocycles. The molecule has 20 heavy (non-hydrogen) atoms. The number of para-hydroxylation sites is 1. The lowest BCUT2D eigenvalue weighted by molar-refractivity contribution is 0.129. The normalized spacial score (nSPS) is 19.6. The first kappa shape index (κ1) is 14.9. The molecule has 2 rings (SSSR count). The molecule has 0 spiro atoms. The van der Waals surface area contributed by atoms with Crippen LogP contribution in [-0.4, -0.2) is 36.7 Å². The molecular formula is C16H24N2O2. The van der Waals surface area contributed by atoms with Crippen LogP contribution in [0.25, 0.3) is 0 Å². The number of ether oxygens (including phenoxy) is 1. The van der Waals surface area contributed by atoms with Gasteiger partial charge in [-0.2, -0.15) is 0 Å². The Bertz CT molecular complexity index is 408. The Morgan fingerprint density at radius 2 is 2.15 bits per heavy atom. The Morgan fingerprint density at radius 1 is 1.35 bits per heavy atom. The molecular weight excluding hydrogens is 252 g/mol. The molecule has 1 fully saturated rings. The molecule has 1 aliphatic rings. The Morgan fingerprint density at radius 3 is 2.90 bits per heavy atom. The zero-order chi connectivity index (χ0) is 14.2. The molecule has 1 heterocycles. The van der Waals surface area contributed by atoms with Crippen LogP contribution in [0.3, 0.4) is 0 Å². The summed E-state index contributed by atoms with van der Waals surface area (Å²) >= 11 is 0. The maximum absolute atomic E-state index is 11.6. The van der Waals surface area contributed by atoms with E-state index in [4.69, 9.17) is 4.74 Å². The van der Waals surface area contributed by atoms with E-state index in [0.717, 1.165) is 18.7 Å². The molecule has 1 N–H and O–H groups in total. The molecule has 1 amide bonds. The van der Waals surface area contributed by atoms with Gasteiger partial charge in [-0.25, -0.2) is 4.79 Å². The fraction of sp³-hybridized carbons (Fsp3) is 0.562. The minimum absolute atomic E-state index is 0.372. The molecule has 1 atom stereocenters. The number of likely N-dealkylation sites (tertiary alicyclic amines) is 1. The topological polar surface area (TPSA) is 41.6 Å². The third-order valence-corrected chi connectivity index (χ3v) is 3.78. The average Bonchev–Trinajstić information content (AvgIpc) is 2.46. The lowest BCUT2D eigenvalue weighted by atomic mass is 10.0. The Balaban J connectivity index is 1.60. The van der Waals surface area contributed by atoms with E-state index in [9.17, 15) is 4.79 Å². The third kappa shape index (κ3) is 4.85. The molecule has 4 heteroatoms. The summed E-state index contributed by atoms with van der Waals surface area (Å²) in [6.07, 6.45) is 4.44. The molecule has 1 aromatic rings. The molecule has 110 valence electrons. The molecule has 1 saturated heterocycles. The van der Waals surface area contributed by atoms with Crippen molar-refractivity contribution < 1.29 is 9.53 Å². The summed E-state index contributed by atoms with van der Waals surface area (Å²) in [5.74, 6) is 0. The molecule has 0 aliphatic carbocycles. The van der Waals surface area contributed by atoms with Crippen LogP contribution >= 0.6 is 0 Å². The van der Waals surface area contributed by atoms with Gasteiger partial charge in [0.2, 0.25) is 0 Å². The van der Waals surface area contributed by atoms with Gasteiger partial charge in [0.05, 0.1) is 6.61 Å². The first-order chi connectivity index (χ1) is 9.75. The van der Waals surface area contributed by atoms with Gasteiger partial charge in [-0.1, -0.05) is 24.6 Å². The van der Waals surface area contributed by atoms with E-state index in [2.05, 4.69) is 17.1 Å². The van der Waals surface area contributed by atoms with Crippen molar-refractivity contribution in [2.75, 3.05) is 25.0 Å². The first-order valence-electron chi connectivity index (χ1n) is 7.48. The van der Waals surface area contributed by atoms with Gasteiger partial charge in [-0.15, -0.1) is 0 Å². The number of hydrogen-bond acceptors (Lipinski definition) is 3. The number of anilines is 1. The number of rotatable bonds is 5. The highest BCUT2D eigenvalue weighted by Crippen LogP contribution is 2.16. The highest BCUT2D eigenvalue weighted by atomic mass is 16.5. The van der Waals surface area contributed by atoms with Crippen molar-refractivity contribution in [1.82, 2.24) is 4.90 Å². The van der Waals surface area contributed by atoms with Crippen molar-refractivity contribution in [2.45, 2.75) is 38.6 Å². The minimum atomic E-state index is -0.372. The van der Waals surface area contributed by atoms with Gasteiger partial charge < -0.3 is 9.64 Å². The van der Waals surface area contributed by atoms with Crippen LogP contribution < -0.4 is 5.32 Å². The van der Waals surface area contributed by atoms with E-state index >= 15 is 0 Å². The number of piperidine rings is 1. The molecule has 1 aliphatic heterocycles. The number of carbonyl (C=O) groups is 1. The highest BCUT2D eigenvalue weighted by molar-refractivity contribution is 5.84. The minimum Gasteiger partial charge on any atom is -0.449 e. The van der Waals surface area contributed by atoms with Gasteiger partial charge in [0.1, 0.15) is 0 Å². The van der Waals surface area contributed by atoms with E-state index < -0.39 is 0 Å². The van der Waals surface area contributed by atoms with Crippen LogP contribution in [0, 0.1) is 0 Å². The summed E-state index contributed by atoms with van der Waals surface area (Å²) in [6.45, 7) is 4.95. The van der Waals surface area contributed by atoms with Crippen molar-refractivity contribution in [3.05, 3.63) is 30.3 Å². The van der Waals surface area contributed by atoms with Gasteiger partial charge in [0.25, 0.3) is 0 Å². The molecule has 0 bridgehead atoms. The summed E-state index contributed by atoms with van der Waals surface area (Å²) in [5, 5.41) is 2.71. The van der Waals surface area contributed by atoms with Crippen LogP contribution in [0.15, 0.2) is 30.3 Å². The zero-order valence-corrected chi connectivity index (χ0v) is 12.2. The second-order valence-electron chi connectivity index (χ2n) is 5.36. The van der Waals surface area contributed by atoms with Gasteiger partial charge in [0, 0.05) is 18.3 Å². The number of benzene rings is 1. The maximum Gasteiger partial charge on any atom is 0.411 e. The Labute approximate surface area is 121 Å². The van der Waals surface area contributed by atoms with E-state index in [-0.39, 0.29) is 6.09 Å². The Kier molecular flexibility index (Phi) is 5.87. The SMILES string of the molecule is CC1CCCCN1CCCOC(=O)Nc1ccccc1. The van der Waals surface area contributed by atoms with Crippen molar-refractivity contribution in [1.29, 1.82) is 0 Å². The highest BCUT2D eigenvalue weighted by Gasteiger charge is 2.17. The number of carbonyl (C=O) groups excluding carboxylic acids is 1. The number of nitrogens with one attached hydrogen (secondary N) is 1. The quantitative estimate of drug-likeness (QED) is 0.837. The van der Waals surface area contributed by atoms with Gasteiger partial charge in [0.15, 0.2) is 0 Å². The molecule has 4 nitrogen and oxygen atoms in total. The molecule has 0 radical (unpaired) electrons. The zero-order valence-electron chi connectivity index (χ0n) is 12.2. The fourth-order valence-corrected chi connectivity index (χ4v) is 2.60. The monoisotopic (exact) mass is 276 g/mol. The molecule has 0 aromatic heterocycles. The lowest BCUT2D eigenvalue weighted by Crippen LogP contribution is -2.38. The van der Waals surface area contributed by atoms with Gasteiger partial charge >= 0.3 is 6.09 Å². The second-order valence-corrected chi connectivity index (χ2v) is 5.36. The summed E-state index contributed by atoms with van der Waals surface area (Å²) in [7, 11) is 0. The van der Waals surface area contributed by atoms with Crippen LogP contribution in [-0.2, 0) is 4.74 Å². The van der Waals surface area contributed by atoms with Crippen LogP contribution in [0.1, 0.15) is 32.6 Å². The lowest BCUT2D eigenvalue weighted by Gasteiger charge is -2.33. The summed E-state index contributed by atoms with van der Waals surface area (Å²) < 4.78 is 5.20. The number of hydrogen-bond donors (Lipinski definition) is 1. The van der Waals surface area contributed by atoms with Crippen LogP contribution in [0.2, 0.25) is 0 Å². The third-order valence-electron chi connectivity index (χ3n) is 3.78. The number of amides is 1. The smallest absolute Gasteiger partial charge is 0.411 e. The van der Waals surface area contributed by atoms with Crippen molar-refractivity contribution in [2.24, 2.45) is 0 Å². The molecule has 1 unspecified atom stereocenters. The van der Waals surface area contributed by atoms with E-state index in [1.807, 2.05) is 30.3 Å². The number of nitrogens with zero attached hydrogens (tertiary/aromatic N) is 1. The van der Waals surface area contributed by atoms with E-state index in [1.165, 1.54) is 25.8 Å². The van der Waals surface area contributed by atoms with Crippen molar-refractivity contribution in [3.63, 3.8) is 0 Å². The van der Waals surface area contributed by atoms with Crippen LogP contribution in [0.4, 0.5) is 10.5 Å². The summed E-state index contributed by atoms with van der Waals surface area (Å²) in [5.41, 5.74) is 0.766. The van der Waals surface area contributed by atoms with E-state index in [0.29, 0.717) is 12.6 Å². The van der Waals surface area contributed by atoms with Crippen LogP contribution in [0.5, 0.6) is 0 Å². The maximum atomic E-state index is 11.6. The first-order valence-corrected chi connectivity index (χ1v) is 7.48. The average molecular weight is 276 g/mol. The predicted molar refractivity (Wildman–Crippen MR) is 80.9 cm³/mol. The second kappa shape index (κ2) is 7.90. The summed E-state index contributed by atoms with van der Waals surface area (Å²) in [4.78, 5) is 14.1. The summed E-state index contributed by atoms with van der Waals surface area (Å²) in [6, 6.07) is 10.0. The Hall–Kier alpha value is -1.55. The molecule has 0 saturated carbocycles. The van der Waals surface area contributed by atoms with Gasteiger partial charge in [-0.05, 0) is 44.9 Å². The van der Waals surface area contributed by atoms with Crippen molar-refractivity contribution in [3.8, 4) is 0 Å². The van der Waals surface area contributed by atoms with Gasteiger partial charge in [-0.3, -0.25) is 5.32 Å². The fourth-order valence-electron chi connectivity index (χ4n) is 2.60. The predicted octanol–water partition coefficient (Wildman–Crippen LogP) is 3.50.